The molecule has 1 fully saturated rings. The highest BCUT2D eigenvalue weighted by molar-refractivity contribution is 7.91. The predicted octanol–water partition coefficient (Wildman–Crippen LogP) is 4.45. The monoisotopic (exact) mass is 432 g/mol. The number of sulfone groups is 1. The van der Waals surface area contributed by atoms with Crippen molar-refractivity contribution >= 4 is 15.8 Å². The van der Waals surface area contributed by atoms with E-state index in [1.165, 1.54) is 12.1 Å². The zero-order chi connectivity index (χ0) is 23.3. The van der Waals surface area contributed by atoms with E-state index in [2.05, 4.69) is 10.2 Å². The molecular formula is C22H44N2O4S. The third-order valence-corrected chi connectivity index (χ3v) is 5.19. The Morgan fingerprint density at radius 2 is 1.52 bits per heavy atom. The van der Waals surface area contributed by atoms with Crippen LogP contribution in [0, 0.1) is 0 Å². The van der Waals surface area contributed by atoms with Gasteiger partial charge in [0.05, 0.1) is 17.1 Å². The van der Waals surface area contributed by atoms with Crippen molar-refractivity contribution in [3.63, 3.8) is 0 Å². The van der Waals surface area contributed by atoms with Gasteiger partial charge in [0.25, 0.3) is 0 Å². The van der Waals surface area contributed by atoms with Crippen molar-refractivity contribution in [3.8, 4) is 0 Å². The maximum atomic E-state index is 12.2. The number of benzene rings is 1. The summed E-state index contributed by atoms with van der Waals surface area (Å²) in [4.78, 5) is 12.9. The van der Waals surface area contributed by atoms with E-state index in [1.807, 2.05) is 55.4 Å². The van der Waals surface area contributed by atoms with Crippen LogP contribution in [0.15, 0.2) is 29.2 Å². The van der Waals surface area contributed by atoms with E-state index in [9.17, 15) is 13.2 Å². The highest BCUT2D eigenvalue weighted by Crippen LogP contribution is 2.13. The lowest BCUT2D eigenvalue weighted by Crippen LogP contribution is -2.43. The van der Waals surface area contributed by atoms with Gasteiger partial charge in [0.1, 0.15) is 0 Å². The molecule has 1 aromatic carbocycles. The molecule has 0 atom stereocenters. The summed E-state index contributed by atoms with van der Waals surface area (Å²) in [6.45, 7) is 19.1. The van der Waals surface area contributed by atoms with Crippen LogP contribution in [0.25, 0.3) is 0 Å². The minimum absolute atomic E-state index is 0.0763. The van der Waals surface area contributed by atoms with Crippen molar-refractivity contribution in [2.24, 2.45) is 0 Å². The number of nitrogens with zero attached hydrogens (tertiary/aromatic N) is 1. The van der Waals surface area contributed by atoms with Crippen LogP contribution in [-0.4, -0.2) is 56.4 Å². The van der Waals surface area contributed by atoms with Gasteiger partial charge in [0.15, 0.2) is 9.84 Å². The Kier molecular flexibility index (Phi) is 23.6. The average molecular weight is 433 g/mol. The second-order valence-corrected chi connectivity index (χ2v) is 7.27. The molecule has 0 aromatic heterocycles. The summed E-state index contributed by atoms with van der Waals surface area (Å²) in [5.74, 6) is -0.851. The van der Waals surface area contributed by atoms with Gasteiger partial charge in [-0.3, -0.25) is 9.69 Å². The van der Waals surface area contributed by atoms with Crippen molar-refractivity contribution in [1.29, 1.82) is 0 Å². The molecule has 1 aromatic rings. The molecule has 0 unspecified atom stereocenters. The zero-order valence-electron chi connectivity index (χ0n) is 19.8. The van der Waals surface area contributed by atoms with Crippen LogP contribution in [-0.2, 0) is 21.1 Å². The fourth-order valence-electron chi connectivity index (χ4n) is 2.29. The van der Waals surface area contributed by atoms with Gasteiger partial charge in [-0.15, -0.1) is 0 Å². The molecule has 2 rings (SSSR count). The molecule has 29 heavy (non-hydrogen) atoms. The van der Waals surface area contributed by atoms with Gasteiger partial charge >= 0.3 is 5.97 Å². The summed E-state index contributed by atoms with van der Waals surface area (Å²) >= 11 is 0. The average Bonchev–Trinajstić information content (AvgIpc) is 2.79. The molecular weight excluding hydrogens is 388 g/mol. The number of carboxylic acids is 1. The minimum atomic E-state index is -3.32. The van der Waals surface area contributed by atoms with Crippen LogP contribution >= 0.6 is 0 Å². The van der Waals surface area contributed by atoms with Gasteiger partial charge in [0, 0.05) is 19.8 Å². The first kappa shape index (κ1) is 32.2. The number of rotatable bonds is 6. The van der Waals surface area contributed by atoms with Gasteiger partial charge in [-0.05, 0) is 30.7 Å². The van der Waals surface area contributed by atoms with Gasteiger partial charge in [-0.1, -0.05) is 67.5 Å². The predicted molar refractivity (Wildman–Crippen MR) is 124 cm³/mol. The second kappa shape index (κ2) is 21.3. The molecule has 1 aliphatic rings. The van der Waals surface area contributed by atoms with E-state index < -0.39 is 15.8 Å². The summed E-state index contributed by atoms with van der Waals surface area (Å²) in [6, 6.07) is 6.09. The van der Waals surface area contributed by atoms with E-state index in [0.29, 0.717) is 12.1 Å². The van der Waals surface area contributed by atoms with Gasteiger partial charge in [0.2, 0.25) is 0 Å². The summed E-state index contributed by atoms with van der Waals surface area (Å²) in [5, 5.41) is 11.9. The first-order valence-electron chi connectivity index (χ1n) is 10.9. The zero-order valence-corrected chi connectivity index (χ0v) is 20.6. The van der Waals surface area contributed by atoms with Crippen LogP contribution in [0.5, 0.6) is 0 Å². The summed E-state index contributed by atoms with van der Waals surface area (Å²) < 4.78 is 24.5. The Balaban J connectivity index is -0.000000754. The third-order valence-electron chi connectivity index (χ3n) is 3.48. The van der Waals surface area contributed by atoms with Crippen molar-refractivity contribution < 1.29 is 18.3 Å². The molecule has 0 aliphatic carbocycles. The molecule has 0 radical (unpaired) electrons. The minimum Gasteiger partial charge on any atom is -0.481 e. The number of carboxylic acid groups (broad SMARTS) is 1. The molecule has 1 saturated heterocycles. The molecule has 1 heterocycles. The van der Waals surface area contributed by atoms with Crippen LogP contribution in [0.4, 0.5) is 0 Å². The Labute approximate surface area is 179 Å². The van der Waals surface area contributed by atoms with Crippen molar-refractivity contribution in [2.45, 2.75) is 73.1 Å². The lowest BCUT2D eigenvalue weighted by Gasteiger charge is -2.26. The first-order chi connectivity index (χ1) is 14.0. The molecule has 0 saturated carbocycles. The first-order valence-corrected chi connectivity index (χ1v) is 12.6. The lowest BCUT2D eigenvalue weighted by molar-refractivity contribution is -0.136. The summed E-state index contributed by atoms with van der Waals surface area (Å²) in [7, 11) is -3.32. The molecule has 7 heteroatoms. The molecule has 0 bridgehead atoms. The SMILES string of the molecule is CC.CC.CC.CC.O=C(O)Cc1ccc(S(=O)(=O)CCN2CCCNC2)cc1. The number of aliphatic carboxylic acids is 1. The quantitative estimate of drug-likeness (QED) is 0.691. The Bertz CT molecular complexity index is 581. The number of hydrogen-bond acceptors (Lipinski definition) is 5. The highest BCUT2D eigenvalue weighted by atomic mass is 32.2. The van der Waals surface area contributed by atoms with E-state index in [0.717, 1.165) is 26.2 Å². The molecule has 0 amide bonds. The van der Waals surface area contributed by atoms with Gasteiger partial charge in [-0.2, -0.15) is 0 Å². The van der Waals surface area contributed by atoms with Crippen molar-refractivity contribution in [3.05, 3.63) is 29.8 Å². The van der Waals surface area contributed by atoms with E-state index >= 15 is 0 Å². The standard InChI is InChI=1S/C14H20N2O4S.4C2H6/c17-14(18)10-12-2-4-13(5-3-12)21(19,20)9-8-16-7-1-6-15-11-16;4*1-2/h2-5,15H,1,6-11H2,(H,17,18);4*1-2H3. The fraction of sp³-hybridized carbons (Fsp3) is 0.682. The molecule has 0 spiro atoms. The van der Waals surface area contributed by atoms with Crippen molar-refractivity contribution in [1.82, 2.24) is 10.2 Å². The molecule has 172 valence electrons. The number of hydrogen-bond donors (Lipinski definition) is 2. The molecule has 1 aliphatic heterocycles. The largest absolute Gasteiger partial charge is 0.481 e. The van der Waals surface area contributed by atoms with Crippen molar-refractivity contribution in [2.75, 3.05) is 32.1 Å². The molecule has 2 N–H and O–H groups in total. The van der Waals surface area contributed by atoms with E-state index in [1.54, 1.807) is 12.1 Å². The van der Waals surface area contributed by atoms with Crippen LogP contribution in [0.2, 0.25) is 0 Å². The third kappa shape index (κ3) is 15.1. The van der Waals surface area contributed by atoms with Crippen LogP contribution in [0.3, 0.4) is 0 Å². The molecule has 6 nitrogen and oxygen atoms in total. The highest BCUT2D eigenvalue weighted by Gasteiger charge is 2.17. The Morgan fingerprint density at radius 3 is 1.93 bits per heavy atom. The van der Waals surface area contributed by atoms with E-state index in [4.69, 9.17) is 5.11 Å². The van der Waals surface area contributed by atoms with Crippen LogP contribution in [0.1, 0.15) is 67.4 Å². The maximum Gasteiger partial charge on any atom is 0.307 e. The lowest BCUT2D eigenvalue weighted by atomic mass is 10.2. The Hall–Kier alpha value is -1.44. The number of nitrogens with one attached hydrogen (secondary N) is 1. The normalized spacial score (nSPS) is 13.0. The van der Waals surface area contributed by atoms with E-state index in [-0.39, 0.29) is 17.1 Å². The fourth-order valence-corrected chi connectivity index (χ4v) is 3.58. The Morgan fingerprint density at radius 1 is 1.00 bits per heavy atom. The van der Waals surface area contributed by atoms with Gasteiger partial charge < -0.3 is 10.4 Å². The van der Waals surface area contributed by atoms with Crippen LogP contribution < -0.4 is 5.32 Å². The summed E-state index contributed by atoms with van der Waals surface area (Å²) in [6.07, 6.45) is 0.934. The summed E-state index contributed by atoms with van der Waals surface area (Å²) in [5.41, 5.74) is 0.599. The van der Waals surface area contributed by atoms with Gasteiger partial charge in [-0.25, -0.2) is 8.42 Å². The second-order valence-electron chi connectivity index (χ2n) is 5.16. The smallest absolute Gasteiger partial charge is 0.307 e. The number of carbonyl (C=O) groups is 1. The maximum absolute atomic E-state index is 12.2. The topological polar surface area (TPSA) is 86.7 Å².